The zero-order valence-corrected chi connectivity index (χ0v) is 12.3. The van der Waals surface area contributed by atoms with Crippen LogP contribution in [-0.4, -0.2) is 29.2 Å². The largest absolute Gasteiger partial charge is 0.478 e. The van der Waals surface area contributed by atoms with Crippen LogP contribution < -0.4 is 15.8 Å². The molecule has 3 N–H and O–H groups in total. The van der Waals surface area contributed by atoms with Crippen molar-refractivity contribution >= 4 is 5.82 Å². The summed E-state index contributed by atoms with van der Waals surface area (Å²) in [6.45, 7) is 3.25. The molecule has 2 aromatic rings. The molecule has 0 amide bonds. The molecule has 0 spiro atoms. The maximum atomic E-state index is 5.85. The average Bonchev–Trinajstić information content (AvgIpc) is 2.53. The molecular weight excluding hydrogens is 264 g/mol. The summed E-state index contributed by atoms with van der Waals surface area (Å²) in [7, 11) is 0. The van der Waals surface area contributed by atoms with Crippen molar-refractivity contribution in [3.05, 3.63) is 48.3 Å². The molecule has 1 unspecified atom stereocenters. The lowest BCUT2D eigenvalue weighted by molar-refractivity contribution is 0.305. The smallest absolute Gasteiger partial charge is 0.218 e. The van der Waals surface area contributed by atoms with E-state index in [0.29, 0.717) is 19.0 Å². The summed E-state index contributed by atoms with van der Waals surface area (Å²) in [5, 5.41) is 3.34. The highest BCUT2D eigenvalue weighted by Crippen LogP contribution is 2.13. The molecule has 0 radical (unpaired) electrons. The summed E-state index contributed by atoms with van der Waals surface area (Å²) in [6, 6.07) is 12.2. The maximum Gasteiger partial charge on any atom is 0.218 e. The molecule has 21 heavy (non-hydrogen) atoms. The molecule has 0 fully saturated rings. The fraction of sp³-hybridized carbons (Fsp3) is 0.375. The Morgan fingerprint density at radius 1 is 1.24 bits per heavy atom. The third-order valence-electron chi connectivity index (χ3n) is 3.06. The molecule has 0 bridgehead atoms. The minimum absolute atomic E-state index is 0.126. The van der Waals surface area contributed by atoms with E-state index in [1.165, 1.54) is 11.9 Å². The van der Waals surface area contributed by atoms with E-state index in [2.05, 4.69) is 34.3 Å². The number of benzene rings is 1. The third kappa shape index (κ3) is 5.04. The molecule has 0 aliphatic heterocycles. The van der Waals surface area contributed by atoms with E-state index >= 15 is 0 Å². The van der Waals surface area contributed by atoms with Gasteiger partial charge in [0.25, 0.3) is 0 Å². The number of nitrogens with two attached hydrogens (primary N) is 1. The van der Waals surface area contributed by atoms with Crippen molar-refractivity contribution < 1.29 is 4.74 Å². The summed E-state index contributed by atoms with van der Waals surface area (Å²) in [5.74, 6) is 1.33. The topological polar surface area (TPSA) is 73.1 Å². The lowest BCUT2D eigenvalue weighted by Gasteiger charge is -2.17. The molecule has 1 aromatic heterocycles. The van der Waals surface area contributed by atoms with Crippen molar-refractivity contribution in [3.8, 4) is 5.88 Å². The maximum absolute atomic E-state index is 5.85. The molecular formula is C16H22N4O. The van der Waals surface area contributed by atoms with Crippen molar-refractivity contribution in [2.24, 2.45) is 5.73 Å². The van der Waals surface area contributed by atoms with Crippen LogP contribution in [0.15, 0.2) is 42.7 Å². The lowest BCUT2D eigenvalue weighted by atomic mass is 10.1. The van der Waals surface area contributed by atoms with E-state index in [1.54, 1.807) is 0 Å². The Balaban J connectivity index is 1.98. The van der Waals surface area contributed by atoms with E-state index in [-0.39, 0.29) is 6.04 Å². The van der Waals surface area contributed by atoms with Gasteiger partial charge in [0.05, 0.1) is 6.61 Å². The predicted molar refractivity (Wildman–Crippen MR) is 84.4 cm³/mol. The molecule has 0 saturated carbocycles. The minimum Gasteiger partial charge on any atom is -0.478 e. The first kappa shape index (κ1) is 15.3. The van der Waals surface area contributed by atoms with Crippen molar-refractivity contribution in [3.63, 3.8) is 0 Å². The van der Waals surface area contributed by atoms with Gasteiger partial charge in [-0.2, -0.15) is 0 Å². The fourth-order valence-electron chi connectivity index (χ4n) is 2.01. The van der Waals surface area contributed by atoms with Crippen LogP contribution in [0.4, 0.5) is 5.82 Å². The van der Waals surface area contributed by atoms with E-state index in [1.807, 2.05) is 24.3 Å². The number of aromatic nitrogens is 2. The first-order valence-electron chi connectivity index (χ1n) is 7.27. The standard InChI is InChI=1S/C16H22N4O/c1-2-8-21-16-10-15(18-12-19-16)20-14(11-17)9-13-6-4-3-5-7-13/h3-7,10,12,14H,2,8-9,11,17H2,1H3,(H,18,19,20). The van der Waals surface area contributed by atoms with Crippen LogP contribution in [0.3, 0.4) is 0 Å². The van der Waals surface area contributed by atoms with Crippen LogP contribution in [0.5, 0.6) is 5.88 Å². The van der Waals surface area contributed by atoms with Gasteiger partial charge in [-0.25, -0.2) is 9.97 Å². The second-order valence-corrected chi connectivity index (χ2v) is 4.86. The molecule has 1 aromatic carbocycles. The van der Waals surface area contributed by atoms with Gasteiger partial charge in [-0.3, -0.25) is 0 Å². The highest BCUT2D eigenvalue weighted by Gasteiger charge is 2.09. The molecule has 1 atom stereocenters. The van der Waals surface area contributed by atoms with Gasteiger partial charge in [-0.1, -0.05) is 37.3 Å². The van der Waals surface area contributed by atoms with Crippen LogP contribution in [-0.2, 0) is 6.42 Å². The fourth-order valence-corrected chi connectivity index (χ4v) is 2.01. The predicted octanol–water partition coefficient (Wildman–Crippen LogP) is 2.25. The van der Waals surface area contributed by atoms with Gasteiger partial charge in [-0.05, 0) is 18.4 Å². The van der Waals surface area contributed by atoms with Crippen LogP contribution in [0, 0.1) is 0 Å². The molecule has 112 valence electrons. The number of hydrogen-bond donors (Lipinski definition) is 2. The summed E-state index contributed by atoms with van der Waals surface area (Å²) in [4.78, 5) is 8.31. The van der Waals surface area contributed by atoms with Gasteiger partial charge in [0.1, 0.15) is 12.1 Å². The van der Waals surface area contributed by atoms with Gasteiger partial charge in [0.2, 0.25) is 5.88 Å². The number of anilines is 1. The number of rotatable bonds is 8. The lowest BCUT2D eigenvalue weighted by Crippen LogP contribution is -2.31. The normalized spacial score (nSPS) is 11.9. The molecule has 0 aliphatic carbocycles. The molecule has 0 saturated heterocycles. The van der Waals surface area contributed by atoms with Crippen LogP contribution in [0.2, 0.25) is 0 Å². The van der Waals surface area contributed by atoms with Gasteiger partial charge in [0, 0.05) is 18.7 Å². The van der Waals surface area contributed by atoms with Crippen molar-refractivity contribution in [2.45, 2.75) is 25.8 Å². The van der Waals surface area contributed by atoms with Crippen LogP contribution >= 0.6 is 0 Å². The SMILES string of the molecule is CCCOc1cc(NC(CN)Cc2ccccc2)ncn1. The van der Waals surface area contributed by atoms with E-state index in [0.717, 1.165) is 18.7 Å². The molecule has 5 nitrogen and oxygen atoms in total. The second kappa shape index (κ2) is 8.21. The Labute approximate surface area is 125 Å². The Bertz CT molecular complexity index is 533. The summed E-state index contributed by atoms with van der Waals surface area (Å²) in [6.07, 6.45) is 3.31. The minimum atomic E-state index is 0.126. The number of ether oxygens (including phenoxy) is 1. The monoisotopic (exact) mass is 286 g/mol. The van der Waals surface area contributed by atoms with Gasteiger partial charge < -0.3 is 15.8 Å². The van der Waals surface area contributed by atoms with Gasteiger partial charge in [0.15, 0.2) is 0 Å². The van der Waals surface area contributed by atoms with E-state index in [9.17, 15) is 0 Å². The Hall–Kier alpha value is -2.14. The first-order chi connectivity index (χ1) is 10.3. The van der Waals surface area contributed by atoms with E-state index in [4.69, 9.17) is 10.5 Å². The Kier molecular flexibility index (Phi) is 5.97. The van der Waals surface area contributed by atoms with Gasteiger partial charge >= 0.3 is 0 Å². The van der Waals surface area contributed by atoms with Gasteiger partial charge in [-0.15, -0.1) is 0 Å². The average molecular weight is 286 g/mol. The van der Waals surface area contributed by atoms with Crippen molar-refractivity contribution in [1.29, 1.82) is 0 Å². The molecule has 1 heterocycles. The zero-order chi connectivity index (χ0) is 14.9. The highest BCUT2D eigenvalue weighted by atomic mass is 16.5. The highest BCUT2D eigenvalue weighted by molar-refractivity contribution is 5.38. The molecule has 2 rings (SSSR count). The summed E-state index contributed by atoms with van der Waals surface area (Å²) >= 11 is 0. The zero-order valence-electron chi connectivity index (χ0n) is 12.3. The Morgan fingerprint density at radius 2 is 2.05 bits per heavy atom. The molecule has 5 heteroatoms. The number of nitrogens with one attached hydrogen (secondary N) is 1. The van der Waals surface area contributed by atoms with Crippen molar-refractivity contribution in [2.75, 3.05) is 18.5 Å². The van der Waals surface area contributed by atoms with E-state index < -0.39 is 0 Å². The van der Waals surface area contributed by atoms with Crippen LogP contribution in [0.25, 0.3) is 0 Å². The summed E-state index contributed by atoms with van der Waals surface area (Å²) < 4.78 is 5.51. The first-order valence-corrected chi connectivity index (χ1v) is 7.27. The third-order valence-corrected chi connectivity index (χ3v) is 3.06. The van der Waals surface area contributed by atoms with Crippen LogP contribution in [0.1, 0.15) is 18.9 Å². The Morgan fingerprint density at radius 3 is 2.76 bits per heavy atom. The summed E-state index contributed by atoms with van der Waals surface area (Å²) in [5.41, 5.74) is 7.10. The molecule has 0 aliphatic rings. The second-order valence-electron chi connectivity index (χ2n) is 4.86. The number of hydrogen-bond acceptors (Lipinski definition) is 5. The quantitative estimate of drug-likeness (QED) is 0.778. The van der Waals surface area contributed by atoms with Crippen molar-refractivity contribution in [1.82, 2.24) is 9.97 Å². The number of nitrogens with zero attached hydrogens (tertiary/aromatic N) is 2.